The predicted molar refractivity (Wildman–Crippen MR) is 145 cm³/mol. The monoisotopic (exact) mass is 545 g/mol. The van der Waals surface area contributed by atoms with Crippen molar-refractivity contribution in [1.82, 2.24) is 0 Å². The van der Waals surface area contributed by atoms with Crippen molar-refractivity contribution in [1.29, 1.82) is 0 Å². The molecule has 0 radical (unpaired) electrons. The topological polar surface area (TPSA) is 207 Å². The number of aryl methyl sites for hydroxylation is 3. The third-order valence-electron chi connectivity index (χ3n) is 5.94. The van der Waals surface area contributed by atoms with Gasteiger partial charge in [0.1, 0.15) is 15.5 Å². The molecule has 196 valence electrons. The van der Waals surface area contributed by atoms with Crippen LogP contribution in [0.5, 0.6) is 5.75 Å². The van der Waals surface area contributed by atoms with Crippen molar-refractivity contribution in [2.24, 2.45) is 0 Å². The summed E-state index contributed by atoms with van der Waals surface area (Å²) < 4.78 is 63.5. The number of rotatable bonds is 3. The van der Waals surface area contributed by atoms with Gasteiger partial charge < -0.3 is 22.3 Å². The highest BCUT2D eigenvalue weighted by atomic mass is 32.2. The molecule has 10 nitrogen and oxygen atoms in total. The number of fused-ring (bicyclic) bond motifs is 1. The van der Waals surface area contributed by atoms with Crippen molar-refractivity contribution in [2.45, 2.75) is 30.6 Å². The van der Waals surface area contributed by atoms with Crippen LogP contribution in [-0.2, 0) is 20.2 Å². The Labute approximate surface area is 214 Å². The normalized spacial score (nSPS) is 11.7. The molecule has 4 rings (SSSR count). The summed E-state index contributed by atoms with van der Waals surface area (Å²) in [6, 6.07) is 15.5. The largest absolute Gasteiger partial charge is 0.505 e. The molecule has 12 heteroatoms. The van der Waals surface area contributed by atoms with Crippen LogP contribution in [0.15, 0.2) is 64.4 Å². The third-order valence-corrected chi connectivity index (χ3v) is 7.72. The van der Waals surface area contributed by atoms with E-state index in [1.807, 2.05) is 13.0 Å². The molecule has 0 saturated heterocycles. The van der Waals surface area contributed by atoms with E-state index in [0.29, 0.717) is 6.07 Å². The van der Waals surface area contributed by atoms with Gasteiger partial charge >= 0.3 is 0 Å². The Morgan fingerprint density at radius 1 is 0.622 bits per heavy atom. The molecular weight excluding hydrogens is 518 g/mol. The third kappa shape index (κ3) is 5.78. The van der Waals surface area contributed by atoms with E-state index in [1.165, 1.54) is 22.3 Å². The quantitative estimate of drug-likeness (QED) is 0.123. The lowest BCUT2D eigenvalue weighted by molar-refractivity contribution is 0.481. The molecule has 0 aliphatic carbocycles. The van der Waals surface area contributed by atoms with Gasteiger partial charge in [-0.3, -0.25) is 9.11 Å². The average molecular weight is 546 g/mol. The fourth-order valence-corrected chi connectivity index (χ4v) is 5.12. The van der Waals surface area contributed by atoms with Crippen molar-refractivity contribution in [2.75, 3.05) is 17.2 Å². The Balaban J connectivity index is 0.000000213. The van der Waals surface area contributed by atoms with E-state index in [-0.39, 0.29) is 11.1 Å². The van der Waals surface area contributed by atoms with E-state index >= 15 is 0 Å². The summed E-state index contributed by atoms with van der Waals surface area (Å²) in [4.78, 5) is -1.81. The summed E-state index contributed by atoms with van der Waals surface area (Å²) in [7, 11) is -9.73. The first-order chi connectivity index (χ1) is 17.0. The highest BCUT2D eigenvalue weighted by Crippen LogP contribution is 2.41. The van der Waals surface area contributed by atoms with Gasteiger partial charge in [0.15, 0.2) is 0 Å². The molecule has 0 heterocycles. The van der Waals surface area contributed by atoms with Crippen LogP contribution in [0, 0.1) is 20.8 Å². The zero-order valence-electron chi connectivity index (χ0n) is 20.2. The summed E-state index contributed by atoms with van der Waals surface area (Å²) in [6.45, 7) is 6.32. The molecule has 0 aromatic heterocycles. The Bertz CT molecular complexity index is 1700. The molecule has 4 aromatic rings. The Kier molecular flexibility index (Phi) is 7.42. The van der Waals surface area contributed by atoms with Crippen LogP contribution in [0.1, 0.15) is 16.7 Å². The molecule has 4 aromatic carbocycles. The van der Waals surface area contributed by atoms with E-state index in [2.05, 4.69) is 44.2 Å². The first-order valence-electron chi connectivity index (χ1n) is 10.7. The highest BCUT2D eigenvalue weighted by Gasteiger charge is 2.26. The Hall–Kier alpha value is -3.84. The zero-order valence-corrected chi connectivity index (χ0v) is 21.9. The first kappa shape index (κ1) is 27.7. The van der Waals surface area contributed by atoms with Gasteiger partial charge in [-0.15, -0.1) is 0 Å². The maximum absolute atomic E-state index is 11.4. The molecule has 0 fully saturated rings. The van der Waals surface area contributed by atoms with Gasteiger partial charge in [0.25, 0.3) is 20.2 Å². The Morgan fingerprint density at radius 3 is 1.65 bits per heavy atom. The van der Waals surface area contributed by atoms with Crippen molar-refractivity contribution in [3.8, 4) is 16.9 Å². The van der Waals surface area contributed by atoms with Gasteiger partial charge in [-0.25, -0.2) is 0 Å². The summed E-state index contributed by atoms with van der Waals surface area (Å²) in [5.74, 6) is -0.666. The molecule has 0 spiro atoms. The number of aromatic hydroxyl groups is 1. The van der Waals surface area contributed by atoms with Crippen molar-refractivity contribution < 1.29 is 31.0 Å². The van der Waals surface area contributed by atoms with Crippen molar-refractivity contribution in [3.63, 3.8) is 0 Å². The zero-order chi connectivity index (χ0) is 27.9. The summed E-state index contributed by atoms with van der Waals surface area (Å²) in [5, 5.41) is 9.22. The maximum Gasteiger partial charge on any atom is 0.296 e. The molecular formula is C25H27N3O7S2. The second-order valence-corrected chi connectivity index (χ2v) is 11.3. The van der Waals surface area contributed by atoms with Crippen LogP contribution in [0.3, 0.4) is 0 Å². The average Bonchev–Trinajstić information content (AvgIpc) is 2.79. The van der Waals surface area contributed by atoms with Gasteiger partial charge in [0.05, 0.1) is 16.8 Å². The SMILES string of the molecule is Cc1ccc(-c2ccc(N)c(C)c2)cc1C.Nc1ccc2c(S(=O)(=O)O)cc(S(=O)(=O)O)c(N)c2c1O. The van der Waals surface area contributed by atoms with Crippen LogP contribution < -0.4 is 17.2 Å². The molecule has 0 aliphatic rings. The second-order valence-electron chi connectivity index (χ2n) is 8.53. The predicted octanol–water partition coefficient (Wildman–Crippen LogP) is 4.06. The number of benzene rings is 4. The molecule has 0 atom stereocenters. The number of nitrogens with two attached hydrogens (primary N) is 3. The second kappa shape index (κ2) is 9.90. The molecule has 0 amide bonds. The minimum atomic E-state index is -4.89. The van der Waals surface area contributed by atoms with E-state index < -0.39 is 46.9 Å². The molecule has 37 heavy (non-hydrogen) atoms. The van der Waals surface area contributed by atoms with Crippen LogP contribution in [0.2, 0.25) is 0 Å². The van der Waals surface area contributed by atoms with Crippen molar-refractivity contribution >= 4 is 48.1 Å². The summed E-state index contributed by atoms with van der Waals surface area (Å²) in [5.41, 5.74) is 23.2. The number of hydrogen-bond donors (Lipinski definition) is 6. The lowest BCUT2D eigenvalue weighted by Gasteiger charge is -2.13. The van der Waals surface area contributed by atoms with E-state index in [4.69, 9.17) is 21.8 Å². The number of hydrogen-bond acceptors (Lipinski definition) is 8. The summed E-state index contributed by atoms with van der Waals surface area (Å²) in [6.07, 6.45) is 0. The van der Waals surface area contributed by atoms with Gasteiger partial charge in [-0.1, -0.05) is 30.3 Å². The number of phenolic OH excluding ortho intramolecular Hbond substituents is 1. The van der Waals surface area contributed by atoms with Gasteiger partial charge in [0, 0.05) is 11.1 Å². The smallest absolute Gasteiger partial charge is 0.296 e. The minimum absolute atomic E-state index is 0.192. The standard InChI is InChI=1S/C15H17N.C10H10N2O7S2/c1-10-4-5-13(8-11(10)2)14-6-7-15(16)12(3)9-14;11-5-2-1-4-6(20(14,15)16)3-7(21(17,18)19)9(12)8(4)10(5)13/h4-9H,16H2,1-3H3;1-3,13H,11-12H2,(H,14,15,16)(H,17,18,19). The number of anilines is 3. The molecule has 0 saturated carbocycles. The number of phenols is 1. The van der Waals surface area contributed by atoms with Gasteiger partial charge in [-0.05, 0) is 72.9 Å². The van der Waals surface area contributed by atoms with E-state index in [1.54, 1.807) is 0 Å². The van der Waals surface area contributed by atoms with Gasteiger partial charge in [0.2, 0.25) is 0 Å². The highest BCUT2D eigenvalue weighted by molar-refractivity contribution is 7.87. The van der Waals surface area contributed by atoms with Crippen LogP contribution >= 0.6 is 0 Å². The number of nitrogen functional groups attached to an aromatic ring is 3. The fraction of sp³-hybridized carbons (Fsp3) is 0.120. The minimum Gasteiger partial charge on any atom is -0.505 e. The summed E-state index contributed by atoms with van der Waals surface area (Å²) >= 11 is 0. The van der Waals surface area contributed by atoms with Crippen LogP contribution in [-0.4, -0.2) is 31.0 Å². The van der Waals surface area contributed by atoms with Crippen LogP contribution in [0.25, 0.3) is 21.9 Å². The Morgan fingerprint density at radius 2 is 1.14 bits per heavy atom. The van der Waals surface area contributed by atoms with Crippen LogP contribution in [0.4, 0.5) is 17.1 Å². The van der Waals surface area contributed by atoms with E-state index in [0.717, 1.165) is 23.4 Å². The lowest BCUT2D eigenvalue weighted by atomic mass is 9.99. The lowest BCUT2D eigenvalue weighted by Crippen LogP contribution is -2.08. The molecule has 0 aliphatic heterocycles. The van der Waals surface area contributed by atoms with Gasteiger partial charge in [-0.2, -0.15) is 16.8 Å². The maximum atomic E-state index is 11.4. The fourth-order valence-electron chi connectivity index (χ4n) is 3.69. The first-order valence-corrected chi connectivity index (χ1v) is 13.6. The molecule has 9 N–H and O–H groups in total. The molecule has 0 bridgehead atoms. The molecule has 0 unspecified atom stereocenters. The van der Waals surface area contributed by atoms with E-state index in [9.17, 15) is 26.5 Å². The van der Waals surface area contributed by atoms with Crippen molar-refractivity contribution in [3.05, 3.63) is 71.3 Å².